The normalized spacial score (nSPS) is 14.4. The Balaban J connectivity index is 1.47. The summed E-state index contributed by atoms with van der Waals surface area (Å²) in [7, 11) is 0. The number of alkyl halides is 3. The van der Waals surface area contributed by atoms with Crippen molar-refractivity contribution in [3.05, 3.63) is 40.8 Å². The van der Waals surface area contributed by atoms with Gasteiger partial charge in [-0.15, -0.1) is 24.5 Å². The number of carboxylic acids is 1. The number of amides is 1. The van der Waals surface area contributed by atoms with Crippen LogP contribution in [0.15, 0.2) is 35.5 Å². The minimum absolute atomic E-state index is 0.147. The number of rotatable bonds is 7. The number of ether oxygens (including phenoxy) is 1. The van der Waals surface area contributed by atoms with Crippen LogP contribution in [0.3, 0.4) is 0 Å². The van der Waals surface area contributed by atoms with E-state index in [0.717, 1.165) is 45.4 Å². The number of fused-ring (bicyclic) bond motifs is 1. The van der Waals surface area contributed by atoms with Gasteiger partial charge in [-0.25, -0.2) is 9.97 Å². The molecule has 186 valence electrons. The zero-order valence-electron chi connectivity index (χ0n) is 18.5. The maximum Gasteiger partial charge on any atom is 0.573 e. The van der Waals surface area contributed by atoms with Crippen LogP contribution in [-0.2, 0) is 11.2 Å². The Hall–Kier alpha value is -3.06. The first-order valence-electron chi connectivity index (χ1n) is 10.7. The fraction of sp³-hybridized carbons (Fsp3) is 0.364. The molecule has 0 aliphatic carbocycles. The molecule has 1 aromatic carbocycles. The quantitative estimate of drug-likeness (QED) is 0.360. The van der Waals surface area contributed by atoms with E-state index in [2.05, 4.69) is 14.7 Å². The molecule has 1 fully saturated rings. The highest BCUT2D eigenvalue weighted by Gasteiger charge is 2.31. The standard InChI is InChI=1S/C22H21F3N4O4S2/c1-2-15-11-16-18(26-21(27-19(16)35-15)34-12-17(30)31)28-7-9-29(10-8-28)20(32)13-3-5-14(6-4-13)33-22(23,24)25/h3-6,11H,2,7-10,12H2,1H3,(H,30,31). The van der Waals surface area contributed by atoms with E-state index in [1.54, 1.807) is 16.2 Å². The summed E-state index contributed by atoms with van der Waals surface area (Å²) in [5, 5.41) is 10.3. The predicted molar refractivity (Wildman–Crippen MR) is 126 cm³/mol. The third kappa shape index (κ3) is 6.14. The molecular weight excluding hydrogens is 505 g/mol. The number of carboxylic acid groups (broad SMARTS) is 1. The number of halogens is 3. The van der Waals surface area contributed by atoms with Crippen LogP contribution >= 0.6 is 23.1 Å². The third-order valence-electron chi connectivity index (χ3n) is 5.28. The molecule has 0 atom stereocenters. The van der Waals surface area contributed by atoms with Crippen molar-refractivity contribution in [3.8, 4) is 5.75 Å². The number of aryl methyl sites for hydroxylation is 1. The van der Waals surface area contributed by atoms with Crippen LogP contribution in [0, 0.1) is 0 Å². The summed E-state index contributed by atoms with van der Waals surface area (Å²) in [5.41, 5.74) is 0.273. The molecular formula is C22H21F3N4O4S2. The van der Waals surface area contributed by atoms with Gasteiger partial charge >= 0.3 is 12.3 Å². The van der Waals surface area contributed by atoms with E-state index in [1.165, 1.54) is 12.1 Å². The van der Waals surface area contributed by atoms with Gasteiger partial charge in [0.25, 0.3) is 5.91 Å². The van der Waals surface area contributed by atoms with Crippen LogP contribution < -0.4 is 9.64 Å². The highest BCUT2D eigenvalue weighted by Crippen LogP contribution is 2.34. The lowest BCUT2D eigenvalue weighted by atomic mass is 10.1. The van der Waals surface area contributed by atoms with Crippen molar-refractivity contribution >= 4 is 51.0 Å². The lowest BCUT2D eigenvalue weighted by molar-refractivity contribution is -0.274. The minimum atomic E-state index is -4.79. The maximum absolute atomic E-state index is 12.9. The Morgan fingerprint density at radius 3 is 2.43 bits per heavy atom. The number of benzene rings is 1. The number of carbonyl (C=O) groups excluding carboxylic acids is 1. The van der Waals surface area contributed by atoms with E-state index in [9.17, 15) is 22.8 Å². The molecule has 1 N–H and O–H groups in total. The SMILES string of the molecule is CCc1cc2c(N3CCN(C(=O)c4ccc(OC(F)(F)F)cc4)CC3)nc(SCC(=O)O)nc2s1. The van der Waals surface area contributed by atoms with Gasteiger partial charge in [0.05, 0.1) is 11.1 Å². The fourth-order valence-corrected chi connectivity index (χ4v) is 5.23. The van der Waals surface area contributed by atoms with Crippen LogP contribution in [0.4, 0.5) is 19.0 Å². The van der Waals surface area contributed by atoms with Gasteiger partial charge in [-0.1, -0.05) is 18.7 Å². The molecule has 1 amide bonds. The van der Waals surface area contributed by atoms with Crippen LogP contribution in [-0.4, -0.2) is 70.1 Å². The summed E-state index contributed by atoms with van der Waals surface area (Å²) in [6.07, 6.45) is -3.95. The number of piperazine rings is 1. The number of aromatic nitrogens is 2. The second kappa shape index (κ2) is 10.3. The van der Waals surface area contributed by atoms with Crippen molar-refractivity contribution in [3.63, 3.8) is 0 Å². The van der Waals surface area contributed by atoms with Gasteiger partial charge in [-0.05, 0) is 36.8 Å². The van der Waals surface area contributed by atoms with Gasteiger partial charge in [0.1, 0.15) is 16.4 Å². The van der Waals surface area contributed by atoms with Gasteiger partial charge in [0.15, 0.2) is 5.16 Å². The molecule has 0 saturated carbocycles. The van der Waals surface area contributed by atoms with Gasteiger partial charge < -0.3 is 19.6 Å². The molecule has 2 aromatic heterocycles. The van der Waals surface area contributed by atoms with Crippen molar-refractivity contribution in [2.45, 2.75) is 24.9 Å². The van der Waals surface area contributed by atoms with Gasteiger partial charge in [0.2, 0.25) is 0 Å². The molecule has 0 spiro atoms. The summed E-state index contributed by atoms with van der Waals surface area (Å²) >= 11 is 2.61. The summed E-state index contributed by atoms with van der Waals surface area (Å²) in [6, 6.07) is 6.91. The molecule has 0 unspecified atom stereocenters. The monoisotopic (exact) mass is 526 g/mol. The third-order valence-corrected chi connectivity index (χ3v) is 7.28. The topological polar surface area (TPSA) is 95.9 Å². The Morgan fingerprint density at radius 1 is 1.14 bits per heavy atom. The number of carbonyl (C=O) groups is 2. The van der Waals surface area contributed by atoms with E-state index < -0.39 is 12.3 Å². The largest absolute Gasteiger partial charge is 0.573 e. The van der Waals surface area contributed by atoms with Crippen LogP contribution in [0.5, 0.6) is 5.75 Å². The molecule has 3 heterocycles. The van der Waals surface area contributed by atoms with E-state index in [4.69, 9.17) is 5.11 Å². The second-order valence-corrected chi connectivity index (χ2v) is 9.71. The van der Waals surface area contributed by atoms with E-state index in [1.807, 2.05) is 17.9 Å². The first kappa shape index (κ1) is 25.0. The molecule has 1 aliphatic rings. The first-order valence-corrected chi connectivity index (χ1v) is 12.5. The highest BCUT2D eigenvalue weighted by atomic mass is 32.2. The van der Waals surface area contributed by atoms with Gasteiger partial charge in [-0.2, -0.15) is 0 Å². The van der Waals surface area contributed by atoms with Crippen LogP contribution in [0.1, 0.15) is 22.2 Å². The summed E-state index contributed by atoms with van der Waals surface area (Å²) in [4.78, 5) is 38.6. The molecule has 3 aromatic rings. The van der Waals surface area contributed by atoms with Crippen molar-refractivity contribution in [1.29, 1.82) is 0 Å². The second-order valence-electron chi connectivity index (χ2n) is 7.65. The Morgan fingerprint density at radius 2 is 1.83 bits per heavy atom. The number of thioether (sulfide) groups is 1. The molecule has 4 rings (SSSR count). The number of thiophene rings is 1. The first-order chi connectivity index (χ1) is 16.6. The highest BCUT2D eigenvalue weighted by molar-refractivity contribution is 7.99. The molecule has 1 aliphatic heterocycles. The van der Waals surface area contributed by atoms with Crippen molar-refractivity contribution in [2.24, 2.45) is 0 Å². The number of anilines is 1. The van der Waals surface area contributed by atoms with Gasteiger partial charge in [-0.3, -0.25) is 9.59 Å². The molecule has 0 bridgehead atoms. The van der Waals surface area contributed by atoms with E-state index >= 15 is 0 Å². The zero-order chi connectivity index (χ0) is 25.2. The lowest BCUT2D eigenvalue weighted by Gasteiger charge is -2.35. The smallest absolute Gasteiger partial charge is 0.481 e. The molecule has 13 heteroatoms. The van der Waals surface area contributed by atoms with Gasteiger partial charge in [0, 0.05) is 36.6 Å². The van der Waals surface area contributed by atoms with Crippen LogP contribution in [0.2, 0.25) is 0 Å². The van der Waals surface area contributed by atoms with Crippen molar-refractivity contribution in [1.82, 2.24) is 14.9 Å². The fourth-order valence-electron chi connectivity index (χ4n) is 3.65. The summed E-state index contributed by atoms with van der Waals surface area (Å²) in [5.74, 6) is -1.06. The minimum Gasteiger partial charge on any atom is -0.481 e. The molecule has 1 saturated heterocycles. The number of nitrogens with zero attached hydrogens (tertiary/aromatic N) is 4. The van der Waals surface area contributed by atoms with Crippen molar-refractivity contribution < 1.29 is 32.6 Å². The average molecular weight is 527 g/mol. The number of aliphatic carboxylic acids is 1. The van der Waals surface area contributed by atoms with Crippen molar-refractivity contribution in [2.75, 3.05) is 36.8 Å². The Bertz CT molecular complexity index is 1230. The predicted octanol–water partition coefficient (Wildman–Crippen LogP) is 4.29. The molecule has 35 heavy (non-hydrogen) atoms. The number of hydrogen-bond acceptors (Lipinski definition) is 8. The maximum atomic E-state index is 12.9. The molecule has 0 radical (unpaired) electrons. The van der Waals surface area contributed by atoms with Crippen LogP contribution in [0.25, 0.3) is 10.2 Å². The molecule has 8 nitrogen and oxygen atoms in total. The lowest BCUT2D eigenvalue weighted by Crippen LogP contribution is -2.49. The van der Waals surface area contributed by atoms with E-state index in [0.29, 0.717) is 37.2 Å². The Labute approximate surface area is 206 Å². The Kier molecular flexibility index (Phi) is 7.36. The zero-order valence-corrected chi connectivity index (χ0v) is 20.2. The number of hydrogen-bond donors (Lipinski definition) is 1. The average Bonchev–Trinajstić information content (AvgIpc) is 3.25. The van der Waals surface area contributed by atoms with E-state index in [-0.39, 0.29) is 23.0 Å². The summed E-state index contributed by atoms with van der Waals surface area (Å²) < 4.78 is 40.9. The summed E-state index contributed by atoms with van der Waals surface area (Å²) in [6.45, 7) is 3.83.